The van der Waals surface area contributed by atoms with E-state index in [0.29, 0.717) is 5.56 Å². The van der Waals surface area contributed by atoms with E-state index in [1.54, 1.807) is 51.1 Å². The second-order valence-electron chi connectivity index (χ2n) is 5.46. The highest BCUT2D eigenvalue weighted by atomic mass is 16.6. The van der Waals surface area contributed by atoms with Crippen LogP contribution in [0.1, 0.15) is 32.8 Å². The molecule has 4 N–H and O–H groups in total. The Morgan fingerprint density at radius 2 is 1.68 bits per heavy atom. The number of benzene rings is 1. The number of ether oxygens (including phenoxy) is 1. The molecule has 0 bridgehead atoms. The number of primary amides is 1. The topological polar surface area (TPSA) is 95.4 Å². The number of esters is 1. The first kappa shape index (κ1) is 15.2. The molecule has 1 aromatic rings. The number of nitrogens with two attached hydrogens (primary N) is 2. The van der Waals surface area contributed by atoms with E-state index >= 15 is 0 Å². The van der Waals surface area contributed by atoms with Crippen LogP contribution >= 0.6 is 0 Å². The van der Waals surface area contributed by atoms with Crippen molar-refractivity contribution in [3.63, 3.8) is 0 Å². The van der Waals surface area contributed by atoms with E-state index < -0.39 is 23.0 Å². The van der Waals surface area contributed by atoms with Gasteiger partial charge in [-0.1, -0.05) is 30.3 Å². The molecular formula is C14H20N2O3. The Kier molecular flexibility index (Phi) is 4.32. The monoisotopic (exact) mass is 264 g/mol. The molecule has 0 aromatic heterocycles. The summed E-state index contributed by atoms with van der Waals surface area (Å²) in [5.41, 5.74) is 9.66. The summed E-state index contributed by atoms with van der Waals surface area (Å²) >= 11 is 0. The minimum atomic E-state index is -1.55. The van der Waals surface area contributed by atoms with E-state index in [1.165, 1.54) is 0 Å². The van der Waals surface area contributed by atoms with Gasteiger partial charge in [-0.2, -0.15) is 0 Å². The molecule has 1 atom stereocenters. The summed E-state index contributed by atoms with van der Waals surface area (Å²) in [6, 6.07) is 8.58. The smallest absolute Gasteiger partial charge is 0.309 e. The molecule has 5 heteroatoms. The Hall–Kier alpha value is -1.88. The summed E-state index contributed by atoms with van der Waals surface area (Å²) in [6.07, 6.45) is -0.288. The summed E-state index contributed by atoms with van der Waals surface area (Å²) in [7, 11) is 0. The van der Waals surface area contributed by atoms with E-state index in [4.69, 9.17) is 16.2 Å². The lowest BCUT2D eigenvalue weighted by atomic mass is 9.87. The number of hydrogen-bond donors (Lipinski definition) is 2. The van der Waals surface area contributed by atoms with Crippen LogP contribution in [0.2, 0.25) is 0 Å². The maximum Gasteiger partial charge on any atom is 0.309 e. The summed E-state index contributed by atoms with van der Waals surface area (Å²) in [4.78, 5) is 23.5. The average molecular weight is 264 g/mol. The molecule has 1 rings (SSSR count). The van der Waals surface area contributed by atoms with Gasteiger partial charge in [0, 0.05) is 0 Å². The van der Waals surface area contributed by atoms with Crippen molar-refractivity contribution < 1.29 is 14.3 Å². The molecule has 104 valence electrons. The standard InChI is InChI=1S/C14H20N2O3/c1-13(2,3)19-11(17)9-14(16,12(15)18)10-7-5-4-6-8-10/h4-8H,9,16H2,1-3H3,(H2,15,18)/t14-/m1/s1. The zero-order chi connectivity index (χ0) is 14.7. The maximum atomic E-state index is 11.8. The molecule has 0 aliphatic heterocycles. The highest BCUT2D eigenvalue weighted by Gasteiger charge is 2.38. The third-order valence-electron chi connectivity index (χ3n) is 2.57. The van der Waals surface area contributed by atoms with E-state index in [1.807, 2.05) is 0 Å². The number of hydrogen-bond acceptors (Lipinski definition) is 4. The SMILES string of the molecule is CC(C)(C)OC(=O)C[C@](N)(C(N)=O)c1ccccc1. The van der Waals surface area contributed by atoms with Crippen molar-refractivity contribution in [2.45, 2.75) is 38.3 Å². The molecule has 0 aliphatic carbocycles. The van der Waals surface area contributed by atoms with Crippen LogP contribution in [0.5, 0.6) is 0 Å². The Labute approximate surface area is 112 Å². The average Bonchev–Trinajstić information content (AvgIpc) is 2.27. The lowest BCUT2D eigenvalue weighted by Crippen LogP contribution is -2.51. The Morgan fingerprint density at radius 3 is 2.11 bits per heavy atom. The van der Waals surface area contributed by atoms with Crippen LogP contribution in [-0.2, 0) is 19.9 Å². The fraction of sp³-hybridized carbons (Fsp3) is 0.429. The maximum absolute atomic E-state index is 11.8. The first-order valence-corrected chi connectivity index (χ1v) is 6.01. The van der Waals surface area contributed by atoms with Gasteiger partial charge in [0.15, 0.2) is 0 Å². The second kappa shape index (κ2) is 5.40. The molecule has 0 saturated carbocycles. The van der Waals surface area contributed by atoms with Gasteiger partial charge in [-0.3, -0.25) is 9.59 Å². The molecule has 0 saturated heterocycles. The summed E-state index contributed by atoms with van der Waals surface area (Å²) < 4.78 is 5.18. The Balaban J connectivity index is 2.97. The van der Waals surface area contributed by atoms with Crippen LogP contribution in [0.25, 0.3) is 0 Å². The fourth-order valence-corrected chi connectivity index (χ4v) is 1.67. The van der Waals surface area contributed by atoms with E-state index in [0.717, 1.165) is 0 Å². The van der Waals surface area contributed by atoms with Gasteiger partial charge in [-0.05, 0) is 26.3 Å². The summed E-state index contributed by atoms with van der Waals surface area (Å²) in [5.74, 6) is -1.32. The molecule has 0 heterocycles. The predicted octanol–water partition coefficient (Wildman–Crippen LogP) is 1.06. The van der Waals surface area contributed by atoms with Gasteiger partial charge in [0.05, 0.1) is 6.42 Å². The van der Waals surface area contributed by atoms with Crippen LogP contribution in [0.4, 0.5) is 0 Å². The first-order chi connectivity index (χ1) is 8.65. The quantitative estimate of drug-likeness (QED) is 0.795. The highest BCUT2D eigenvalue weighted by molar-refractivity contribution is 5.90. The number of carbonyl (C=O) groups excluding carboxylic acids is 2. The molecule has 0 unspecified atom stereocenters. The lowest BCUT2D eigenvalue weighted by Gasteiger charge is -2.27. The van der Waals surface area contributed by atoms with Gasteiger partial charge in [-0.25, -0.2) is 0 Å². The van der Waals surface area contributed by atoms with Crippen molar-refractivity contribution in [3.05, 3.63) is 35.9 Å². The summed E-state index contributed by atoms with van der Waals surface area (Å²) in [5, 5.41) is 0. The third-order valence-corrected chi connectivity index (χ3v) is 2.57. The van der Waals surface area contributed by atoms with Crippen molar-refractivity contribution in [1.82, 2.24) is 0 Å². The van der Waals surface area contributed by atoms with Crippen LogP contribution in [-0.4, -0.2) is 17.5 Å². The molecule has 0 radical (unpaired) electrons. The highest BCUT2D eigenvalue weighted by Crippen LogP contribution is 2.23. The number of rotatable bonds is 4. The molecule has 0 fully saturated rings. The van der Waals surface area contributed by atoms with Crippen LogP contribution in [0.3, 0.4) is 0 Å². The number of carbonyl (C=O) groups is 2. The molecule has 19 heavy (non-hydrogen) atoms. The van der Waals surface area contributed by atoms with Gasteiger partial charge in [0.25, 0.3) is 0 Å². The van der Waals surface area contributed by atoms with Gasteiger partial charge < -0.3 is 16.2 Å². The van der Waals surface area contributed by atoms with E-state index in [-0.39, 0.29) is 6.42 Å². The molecular weight excluding hydrogens is 244 g/mol. The van der Waals surface area contributed by atoms with Crippen LogP contribution in [0.15, 0.2) is 30.3 Å². The van der Waals surface area contributed by atoms with Gasteiger partial charge in [0.1, 0.15) is 11.1 Å². The minimum Gasteiger partial charge on any atom is -0.460 e. The fourth-order valence-electron chi connectivity index (χ4n) is 1.67. The largest absolute Gasteiger partial charge is 0.460 e. The Morgan fingerprint density at radius 1 is 1.16 bits per heavy atom. The summed E-state index contributed by atoms with van der Waals surface area (Å²) in [6.45, 7) is 5.24. The molecule has 1 amide bonds. The van der Waals surface area contributed by atoms with Crippen molar-refractivity contribution in [2.24, 2.45) is 11.5 Å². The zero-order valence-electron chi connectivity index (χ0n) is 11.5. The normalized spacial score (nSPS) is 14.5. The molecule has 0 aliphatic rings. The predicted molar refractivity (Wildman–Crippen MR) is 72.0 cm³/mol. The van der Waals surface area contributed by atoms with E-state index in [2.05, 4.69) is 0 Å². The van der Waals surface area contributed by atoms with Crippen molar-refractivity contribution in [1.29, 1.82) is 0 Å². The number of amides is 1. The van der Waals surface area contributed by atoms with Gasteiger partial charge in [0.2, 0.25) is 5.91 Å². The first-order valence-electron chi connectivity index (χ1n) is 6.01. The van der Waals surface area contributed by atoms with Crippen molar-refractivity contribution in [2.75, 3.05) is 0 Å². The third kappa shape index (κ3) is 4.06. The van der Waals surface area contributed by atoms with Gasteiger partial charge in [-0.15, -0.1) is 0 Å². The van der Waals surface area contributed by atoms with E-state index in [9.17, 15) is 9.59 Å². The van der Waals surface area contributed by atoms with Crippen molar-refractivity contribution in [3.8, 4) is 0 Å². The molecule has 1 aromatic carbocycles. The molecule has 0 spiro atoms. The Bertz CT molecular complexity index is 465. The lowest BCUT2D eigenvalue weighted by molar-refractivity contribution is -0.157. The minimum absolute atomic E-state index is 0.288. The van der Waals surface area contributed by atoms with Crippen LogP contribution < -0.4 is 11.5 Å². The zero-order valence-corrected chi connectivity index (χ0v) is 11.5. The molecule has 5 nitrogen and oxygen atoms in total. The van der Waals surface area contributed by atoms with Crippen molar-refractivity contribution >= 4 is 11.9 Å². The second-order valence-corrected chi connectivity index (χ2v) is 5.46. The van der Waals surface area contributed by atoms with Crippen LogP contribution in [0, 0.1) is 0 Å². The van der Waals surface area contributed by atoms with Gasteiger partial charge >= 0.3 is 5.97 Å².